The summed E-state index contributed by atoms with van der Waals surface area (Å²) in [5, 5.41) is 13.1. The van der Waals surface area contributed by atoms with E-state index in [4.69, 9.17) is 4.74 Å². The van der Waals surface area contributed by atoms with Crippen molar-refractivity contribution in [3.8, 4) is 0 Å². The molecule has 1 rings (SSSR count). The van der Waals surface area contributed by atoms with Gasteiger partial charge in [-0.25, -0.2) is 14.0 Å². The van der Waals surface area contributed by atoms with E-state index in [1.807, 2.05) is 0 Å². The third-order valence-electron chi connectivity index (χ3n) is 2.53. The number of carbonyl (C=O) groups is 2. The van der Waals surface area contributed by atoms with Crippen molar-refractivity contribution in [2.45, 2.75) is 26.4 Å². The molecule has 130 valence electrons. The van der Waals surface area contributed by atoms with E-state index in [-0.39, 0.29) is 11.3 Å². The summed E-state index contributed by atoms with van der Waals surface area (Å²) in [4.78, 5) is 33.7. The van der Waals surface area contributed by atoms with E-state index in [0.717, 1.165) is 25.3 Å². The summed E-state index contributed by atoms with van der Waals surface area (Å²) in [7, 11) is 1.08. The van der Waals surface area contributed by atoms with Gasteiger partial charge in [0.25, 0.3) is 5.69 Å². The minimum Gasteiger partial charge on any atom is -0.464 e. The zero-order chi connectivity index (χ0) is 18.5. The Hall–Kier alpha value is -2.97. The smallest absolute Gasteiger partial charge is 0.412 e. The molecule has 0 atom stereocenters. The summed E-state index contributed by atoms with van der Waals surface area (Å²) in [5.74, 6) is -1.75. The van der Waals surface area contributed by atoms with Crippen LogP contribution in [0.2, 0.25) is 0 Å². The summed E-state index contributed by atoms with van der Waals surface area (Å²) in [6.07, 6.45) is 0.0664. The van der Waals surface area contributed by atoms with E-state index in [1.54, 1.807) is 20.8 Å². The van der Waals surface area contributed by atoms with Gasteiger partial charge in [-0.05, 0) is 39.0 Å². The number of hydrogen-bond acceptors (Lipinski definition) is 6. The van der Waals surface area contributed by atoms with Crippen LogP contribution in [0, 0.1) is 15.9 Å². The highest BCUT2D eigenvalue weighted by Crippen LogP contribution is 2.22. The third-order valence-corrected chi connectivity index (χ3v) is 2.53. The monoisotopic (exact) mass is 340 g/mol. The molecule has 0 aliphatic carbocycles. The first-order chi connectivity index (χ1) is 11.0. The van der Waals surface area contributed by atoms with Crippen molar-refractivity contribution in [2.75, 3.05) is 7.11 Å². The van der Waals surface area contributed by atoms with E-state index in [1.165, 1.54) is 0 Å². The average Bonchev–Trinajstić information content (AvgIpc) is 2.45. The number of rotatable bonds is 4. The Morgan fingerprint density at radius 2 is 1.96 bits per heavy atom. The minimum atomic E-state index is -0.945. The maximum Gasteiger partial charge on any atom is 0.412 e. The Balaban J connectivity index is 3.22. The fourth-order valence-electron chi connectivity index (χ4n) is 1.62. The van der Waals surface area contributed by atoms with Gasteiger partial charge in [-0.15, -0.1) is 0 Å². The van der Waals surface area contributed by atoms with Crippen LogP contribution in [0.3, 0.4) is 0 Å². The van der Waals surface area contributed by atoms with Crippen LogP contribution in [0.15, 0.2) is 23.9 Å². The Bertz CT molecular complexity index is 694. The van der Waals surface area contributed by atoms with E-state index < -0.39 is 34.1 Å². The van der Waals surface area contributed by atoms with Crippen LogP contribution in [-0.2, 0) is 14.3 Å². The van der Waals surface area contributed by atoms with Crippen molar-refractivity contribution < 1.29 is 28.4 Å². The number of nitrogens with zero attached hydrogens (tertiary/aromatic N) is 1. The second kappa shape index (κ2) is 7.53. The number of alkyl carbamates (subject to hydrolysis) is 1. The molecule has 1 N–H and O–H groups in total. The number of methoxy groups -OCH3 is 1. The topological polar surface area (TPSA) is 108 Å². The van der Waals surface area contributed by atoms with Crippen LogP contribution >= 0.6 is 0 Å². The lowest BCUT2D eigenvalue weighted by atomic mass is 10.1. The Labute approximate surface area is 137 Å². The molecule has 0 saturated carbocycles. The van der Waals surface area contributed by atoms with Gasteiger partial charge in [-0.3, -0.25) is 15.4 Å². The number of amides is 1. The predicted octanol–water partition coefficient (Wildman–Crippen LogP) is 2.77. The molecule has 0 spiro atoms. The Kier molecular flexibility index (Phi) is 5.99. The number of halogens is 1. The molecule has 1 aromatic rings. The van der Waals surface area contributed by atoms with Gasteiger partial charge in [0, 0.05) is 0 Å². The average molecular weight is 340 g/mol. The van der Waals surface area contributed by atoms with Crippen LogP contribution in [-0.4, -0.2) is 29.7 Å². The van der Waals surface area contributed by atoms with Gasteiger partial charge in [0.15, 0.2) is 0 Å². The first kappa shape index (κ1) is 19.1. The van der Waals surface area contributed by atoms with Crippen molar-refractivity contribution in [1.29, 1.82) is 0 Å². The molecule has 0 unspecified atom stereocenters. The first-order valence-electron chi connectivity index (χ1n) is 6.77. The Morgan fingerprint density at radius 3 is 2.46 bits per heavy atom. The summed E-state index contributed by atoms with van der Waals surface area (Å²) < 4.78 is 22.7. The number of esters is 1. The van der Waals surface area contributed by atoms with Gasteiger partial charge >= 0.3 is 12.1 Å². The molecule has 0 aliphatic heterocycles. The standard InChI is InChI=1S/C15H17FN2O6/c1-15(2,3)24-14(20)17-11(13(19)23-4)7-9-5-6-10(16)8-12(9)18(21)22/h5-8H,1-4H3,(H,17,20)/b11-7-. The Morgan fingerprint density at radius 1 is 1.33 bits per heavy atom. The SMILES string of the molecule is COC(=O)/C(=C/c1ccc(F)cc1[N+](=O)[O-])NC(=O)OC(C)(C)C. The molecule has 0 aliphatic rings. The molecule has 0 saturated heterocycles. The number of nitro benzene ring substituents is 1. The first-order valence-corrected chi connectivity index (χ1v) is 6.77. The summed E-state index contributed by atoms with van der Waals surface area (Å²) in [6, 6.07) is 2.79. The van der Waals surface area contributed by atoms with Crippen molar-refractivity contribution in [1.82, 2.24) is 5.32 Å². The van der Waals surface area contributed by atoms with Crippen LogP contribution in [0.1, 0.15) is 26.3 Å². The minimum absolute atomic E-state index is 0.0853. The molecule has 0 aromatic heterocycles. The van der Waals surface area contributed by atoms with Crippen molar-refractivity contribution in [3.63, 3.8) is 0 Å². The van der Waals surface area contributed by atoms with Gasteiger partial charge in [-0.1, -0.05) is 0 Å². The number of benzene rings is 1. The van der Waals surface area contributed by atoms with E-state index in [0.29, 0.717) is 6.07 Å². The fraction of sp³-hybridized carbons (Fsp3) is 0.333. The molecule has 1 amide bonds. The van der Waals surface area contributed by atoms with Gasteiger partial charge in [0.2, 0.25) is 0 Å². The second-order valence-corrected chi connectivity index (χ2v) is 5.64. The van der Waals surface area contributed by atoms with E-state index >= 15 is 0 Å². The zero-order valence-corrected chi connectivity index (χ0v) is 13.6. The van der Waals surface area contributed by atoms with Crippen LogP contribution in [0.4, 0.5) is 14.9 Å². The van der Waals surface area contributed by atoms with Crippen LogP contribution in [0.25, 0.3) is 6.08 Å². The van der Waals surface area contributed by atoms with E-state index in [9.17, 15) is 24.1 Å². The molecular weight excluding hydrogens is 323 g/mol. The number of nitrogens with one attached hydrogen (secondary N) is 1. The molecule has 9 heteroatoms. The lowest BCUT2D eigenvalue weighted by Crippen LogP contribution is -2.34. The normalized spacial score (nSPS) is 11.6. The van der Waals surface area contributed by atoms with Gasteiger partial charge < -0.3 is 9.47 Å². The second-order valence-electron chi connectivity index (χ2n) is 5.64. The largest absolute Gasteiger partial charge is 0.464 e. The number of carbonyl (C=O) groups excluding carboxylic acids is 2. The zero-order valence-electron chi connectivity index (χ0n) is 13.6. The number of hydrogen-bond donors (Lipinski definition) is 1. The number of nitro groups is 1. The number of ether oxygens (including phenoxy) is 2. The van der Waals surface area contributed by atoms with Crippen molar-refractivity contribution in [3.05, 3.63) is 45.4 Å². The molecule has 8 nitrogen and oxygen atoms in total. The molecule has 0 radical (unpaired) electrons. The van der Waals surface area contributed by atoms with Crippen molar-refractivity contribution >= 4 is 23.8 Å². The molecule has 24 heavy (non-hydrogen) atoms. The van der Waals surface area contributed by atoms with Gasteiger partial charge in [0.1, 0.15) is 17.1 Å². The lowest BCUT2D eigenvalue weighted by molar-refractivity contribution is -0.385. The molecule has 0 bridgehead atoms. The van der Waals surface area contributed by atoms with Gasteiger partial charge in [-0.2, -0.15) is 0 Å². The highest BCUT2D eigenvalue weighted by molar-refractivity contribution is 5.97. The van der Waals surface area contributed by atoms with Gasteiger partial charge in [0.05, 0.1) is 23.7 Å². The van der Waals surface area contributed by atoms with E-state index in [2.05, 4.69) is 10.1 Å². The van der Waals surface area contributed by atoms with Crippen LogP contribution in [0.5, 0.6) is 0 Å². The molecule has 0 heterocycles. The lowest BCUT2D eigenvalue weighted by Gasteiger charge is -2.20. The molecule has 0 fully saturated rings. The summed E-state index contributed by atoms with van der Waals surface area (Å²) >= 11 is 0. The maximum atomic E-state index is 13.2. The summed E-state index contributed by atoms with van der Waals surface area (Å²) in [5.41, 5.74) is -1.85. The predicted molar refractivity (Wildman–Crippen MR) is 82.4 cm³/mol. The third kappa shape index (κ3) is 5.67. The van der Waals surface area contributed by atoms with Crippen molar-refractivity contribution in [2.24, 2.45) is 0 Å². The quantitative estimate of drug-likeness (QED) is 0.391. The maximum absolute atomic E-state index is 13.2. The van der Waals surface area contributed by atoms with Crippen LogP contribution < -0.4 is 5.32 Å². The fourth-order valence-corrected chi connectivity index (χ4v) is 1.62. The summed E-state index contributed by atoms with van der Waals surface area (Å²) in [6.45, 7) is 4.87. The molecule has 1 aromatic carbocycles. The highest BCUT2D eigenvalue weighted by atomic mass is 19.1. The highest BCUT2D eigenvalue weighted by Gasteiger charge is 2.22. The molecular formula is C15H17FN2O6.